The van der Waals surface area contributed by atoms with Gasteiger partial charge in [0.2, 0.25) is 5.82 Å². The third kappa shape index (κ3) is 2.44. The molecule has 3 rings (SSSR count). The van der Waals surface area contributed by atoms with Crippen molar-refractivity contribution in [3.05, 3.63) is 35.5 Å². The van der Waals surface area contributed by atoms with Crippen molar-refractivity contribution in [2.45, 2.75) is 32.0 Å². The van der Waals surface area contributed by atoms with E-state index in [-0.39, 0.29) is 18.0 Å². The molecule has 1 fully saturated rings. The average molecular weight is 277 g/mol. The number of nitrogens with zero attached hydrogens (tertiary/aromatic N) is 2. The van der Waals surface area contributed by atoms with E-state index in [0.717, 1.165) is 18.4 Å². The van der Waals surface area contributed by atoms with Crippen LogP contribution >= 0.6 is 0 Å². The van der Waals surface area contributed by atoms with Crippen LogP contribution in [0.15, 0.2) is 22.7 Å². The highest BCUT2D eigenvalue weighted by Gasteiger charge is 2.30. The Morgan fingerprint density at radius 1 is 1.40 bits per heavy atom. The third-order valence-electron chi connectivity index (χ3n) is 3.50. The van der Waals surface area contributed by atoms with E-state index in [1.165, 1.54) is 6.07 Å². The highest BCUT2D eigenvalue weighted by Crippen LogP contribution is 2.32. The predicted octanol–water partition coefficient (Wildman–Crippen LogP) is 2.36. The summed E-state index contributed by atoms with van der Waals surface area (Å²) in [6.07, 6.45) is 1.59. The highest BCUT2D eigenvalue weighted by atomic mass is 19.1. The Kier molecular flexibility index (Phi) is 3.50. The number of rotatable bonds is 3. The number of ether oxygens (including phenoxy) is 1. The van der Waals surface area contributed by atoms with Gasteiger partial charge < -0.3 is 15.0 Å². The van der Waals surface area contributed by atoms with Crippen molar-refractivity contribution < 1.29 is 13.7 Å². The molecule has 106 valence electrons. The van der Waals surface area contributed by atoms with Crippen LogP contribution in [0.5, 0.6) is 0 Å². The van der Waals surface area contributed by atoms with Gasteiger partial charge in [-0.15, -0.1) is 0 Å². The van der Waals surface area contributed by atoms with Crippen molar-refractivity contribution in [1.29, 1.82) is 0 Å². The van der Waals surface area contributed by atoms with Crippen molar-refractivity contribution in [2.24, 2.45) is 5.73 Å². The predicted molar refractivity (Wildman–Crippen MR) is 70.3 cm³/mol. The summed E-state index contributed by atoms with van der Waals surface area (Å²) in [6.45, 7) is 2.19. The fourth-order valence-corrected chi connectivity index (χ4v) is 2.33. The molecule has 0 radical (unpaired) electrons. The summed E-state index contributed by atoms with van der Waals surface area (Å²) in [5.74, 6) is 0.656. The molecule has 0 amide bonds. The van der Waals surface area contributed by atoms with Gasteiger partial charge in [0.25, 0.3) is 5.89 Å². The van der Waals surface area contributed by atoms with Crippen LogP contribution in [0, 0.1) is 12.7 Å². The minimum atomic E-state index is -0.248. The van der Waals surface area contributed by atoms with Crippen molar-refractivity contribution >= 4 is 0 Å². The molecular formula is C14H16FN3O2. The van der Waals surface area contributed by atoms with Crippen LogP contribution in [0.2, 0.25) is 0 Å². The summed E-state index contributed by atoms with van der Waals surface area (Å²) in [7, 11) is 0. The first kappa shape index (κ1) is 13.2. The number of hydrogen-bond acceptors (Lipinski definition) is 5. The van der Waals surface area contributed by atoms with Crippen LogP contribution in [-0.4, -0.2) is 22.8 Å². The molecule has 2 unspecified atom stereocenters. The van der Waals surface area contributed by atoms with Gasteiger partial charge in [-0.05, 0) is 43.5 Å². The van der Waals surface area contributed by atoms with Crippen molar-refractivity contribution in [3.63, 3.8) is 0 Å². The second kappa shape index (κ2) is 5.30. The summed E-state index contributed by atoms with van der Waals surface area (Å²) < 4.78 is 24.2. The molecule has 1 aliphatic rings. The topological polar surface area (TPSA) is 74.2 Å². The van der Waals surface area contributed by atoms with Gasteiger partial charge in [-0.2, -0.15) is 4.98 Å². The van der Waals surface area contributed by atoms with Crippen molar-refractivity contribution in [2.75, 3.05) is 6.54 Å². The van der Waals surface area contributed by atoms with E-state index in [1.807, 2.05) is 0 Å². The lowest BCUT2D eigenvalue weighted by Gasteiger charge is -2.07. The first-order valence-corrected chi connectivity index (χ1v) is 6.63. The molecule has 2 heterocycles. The largest absolute Gasteiger partial charge is 0.364 e. The molecule has 5 nitrogen and oxygen atoms in total. The zero-order valence-corrected chi connectivity index (χ0v) is 11.2. The first-order chi connectivity index (χ1) is 9.67. The fraction of sp³-hybridized carbons (Fsp3) is 0.429. The second-order valence-corrected chi connectivity index (χ2v) is 4.98. The summed E-state index contributed by atoms with van der Waals surface area (Å²) in [5.41, 5.74) is 6.85. The lowest BCUT2D eigenvalue weighted by atomic mass is 10.1. The monoisotopic (exact) mass is 277 g/mol. The number of aryl methyl sites for hydroxylation is 1. The van der Waals surface area contributed by atoms with Gasteiger partial charge >= 0.3 is 0 Å². The maximum Gasteiger partial charge on any atom is 0.256 e. The number of aromatic nitrogens is 2. The van der Waals surface area contributed by atoms with E-state index in [2.05, 4.69) is 10.1 Å². The van der Waals surface area contributed by atoms with Crippen LogP contribution in [0.1, 0.15) is 30.4 Å². The van der Waals surface area contributed by atoms with Gasteiger partial charge in [0.05, 0.1) is 6.10 Å². The molecule has 1 saturated heterocycles. The molecule has 0 bridgehead atoms. The van der Waals surface area contributed by atoms with Crippen molar-refractivity contribution in [1.82, 2.24) is 10.1 Å². The second-order valence-electron chi connectivity index (χ2n) is 4.98. The van der Waals surface area contributed by atoms with E-state index < -0.39 is 0 Å². The highest BCUT2D eigenvalue weighted by molar-refractivity contribution is 5.55. The minimum absolute atomic E-state index is 0.0587. The quantitative estimate of drug-likeness (QED) is 0.932. The Balaban J connectivity index is 1.81. The lowest BCUT2D eigenvalue weighted by molar-refractivity contribution is 0.0307. The van der Waals surface area contributed by atoms with E-state index in [1.54, 1.807) is 19.1 Å². The molecule has 20 heavy (non-hydrogen) atoms. The zero-order valence-electron chi connectivity index (χ0n) is 11.2. The van der Waals surface area contributed by atoms with Gasteiger partial charge in [0.1, 0.15) is 11.9 Å². The number of halogens is 1. The van der Waals surface area contributed by atoms with E-state index in [0.29, 0.717) is 23.8 Å². The Bertz CT molecular complexity index is 614. The van der Waals surface area contributed by atoms with Gasteiger partial charge in [-0.25, -0.2) is 4.39 Å². The number of benzene rings is 1. The first-order valence-electron chi connectivity index (χ1n) is 6.63. The SMILES string of the molecule is Cc1cc(-c2noc(C3CCC(CN)O3)n2)ccc1F. The van der Waals surface area contributed by atoms with E-state index in [9.17, 15) is 4.39 Å². The van der Waals surface area contributed by atoms with Gasteiger partial charge in [0.15, 0.2) is 0 Å². The molecule has 0 aliphatic carbocycles. The Morgan fingerprint density at radius 3 is 2.95 bits per heavy atom. The standard InChI is InChI=1S/C14H16FN3O2/c1-8-6-9(2-4-11(8)15)13-17-14(20-18-13)12-5-3-10(7-16)19-12/h2,4,6,10,12H,3,5,7,16H2,1H3. The van der Waals surface area contributed by atoms with Gasteiger partial charge in [-0.1, -0.05) is 5.16 Å². The molecule has 2 atom stereocenters. The third-order valence-corrected chi connectivity index (χ3v) is 3.50. The Morgan fingerprint density at radius 2 is 2.25 bits per heavy atom. The maximum absolute atomic E-state index is 13.3. The molecule has 2 aromatic rings. The van der Waals surface area contributed by atoms with Crippen molar-refractivity contribution in [3.8, 4) is 11.4 Å². The average Bonchev–Trinajstić information content (AvgIpc) is 3.09. The van der Waals surface area contributed by atoms with E-state index >= 15 is 0 Å². The van der Waals surface area contributed by atoms with Gasteiger partial charge in [-0.3, -0.25) is 0 Å². The molecule has 1 aliphatic heterocycles. The molecule has 0 saturated carbocycles. The smallest absolute Gasteiger partial charge is 0.256 e. The van der Waals surface area contributed by atoms with Crippen LogP contribution < -0.4 is 5.73 Å². The summed E-state index contributed by atoms with van der Waals surface area (Å²) in [4.78, 5) is 4.34. The molecule has 1 aromatic heterocycles. The fourth-order valence-electron chi connectivity index (χ4n) is 2.33. The summed E-state index contributed by atoms with van der Waals surface area (Å²) >= 11 is 0. The molecular weight excluding hydrogens is 261 g/mol. The zero-order chi connectivity index (χ0) is 14.1. The van der Waals surface area contributed by atoms with Crippen LogP contribution in [0.4, 0.5) is 4.39 Å². The van der Waals surface area contributed by atoms with Crippen LogP contribution in [0.25, 0.3) is 11.4 Å². The number of hydrogen-bond donors (Lipinski definition) is 1. The van der Waals surface area contributed by atoms with Gasteiger partial charge in [0, 0.05) is 12.1 Å². The minimum Gasteiger partial charge on any atom is -0.364 e. The number of nitrogens with two attached hydrogens (primary N) is 1. The Hall–Kier alpha value is -1.79. The summed E-state index contributed by atoms with van der Waals surface area (Å²) in [5, 5.41) is 3.93. The normalized spacial score (nSPS) is 22.4. The van der Waals surface area contributed by atoms with Crippen LogP contribution in [0.3, 0.4) is 0 Å². The Labute approximate surface area is 115 Å². The molecule has 0 spiro atoms. The molecule has 1 aromatic carbocycles. The summed E-state index contributed by atoms with van der Waals surface area (Å²) in [6, 6.07) is 4.73. The molecule has 6 heteroatoms. The maximum atomic E-state index is 13.3. The molecule has 2 N–H and O–H groups in total. The van der Waals surface area contributed by atoms with Crippen LogP contribution in [-0.2, 0) is 4.74 Å². The van der Waals surface area contributed by atoms with E-state index in [4.69, 9.17) is 15.0 Å². The lowest BCUT2D eigenvalue weighted by Crippen LogP contribution is -2.18.